The highest BCUT2D eigenvalue weighted by Gasteiger charge is 2.38. The Hall–Kier alpha value is -2.04. The Labute approximate surface area is 124 Å². The van der Waals surface area contributed by atoms with Gasteiger partial charge in [-0.3, -0.25) is 0 Å². The monoisotopic (exact) mass is 291 g/mol. The lowest BCUT2D eigenvalue weighted by Gasteiger charge is -2.16. The number of carboxylic acids is 1. The predicted octanol–water partition coefficient (Wildman–Crippen LogP) is 2.95. The van der Waals surface area contributed by atoms with Crippen molar-refractivity contribution in [2.75, 3.05) is 0 Å². The lowest BCUT2D eigenvalue weighted by atomic mass is 9.99. The fraction of sp³-hybridized carbons (Fsp3) is 0.500. The van der Waals surface area contributed by atoms with Crippen molar-refractivity contribution in [3.8, 4) is 0 Å². The first-order valence-corrected chi connectivity index (χ1v) is 7.19. The Morgan fingerprint density at radius 1 is 1.33 bits per heavy atom. The van der Waals surface area contributed by atoms with E-state index >= 15 is 0 Å². The molecular formula is C16H21NO4. The molecule has 1 aromatic carbocycles. The quantitative estimate of drug-likeness (QED) is 0.810. The van der Waals surface area contributed by atoms with Crippen molar-refractivity contribution in [1.82, 2.24) is 5.32 Å². The molecule has 2 rings (SSSR count). The van der Waals surface area contributed by atoms with Gasteiger partial charge in [-0.25, -0.2) is 9.59 Å². The fourth-order valence-electron chi connectivity index (χ4n) is 2.12. The zero-order chi connectivity index (χ0) is 15.3. The van der Waals surface area contributed by atoms with Gasteiger partial charge in [-0.05, 0) is 36.7 Å². The molecule has 0 radical (unpaired) electrons. The average Bonchev–Trinajstić information content (AvgIpc) is 3.20. The van der Waals surface area contributed by atoms with Gasteiger partial charge in [-0.1, -0.05) is 37.3 Å². The van der Waals surface area contributed by atoms with Gasteiger partial charge in [0.2, 0.25) is 0 Å². The molecule has 1 saturated carbocycles. The maximum absolute atomic E-state index is 11.7. The van der Waals surface area contributed by atoms with Crippen molar-refractivity contribution in [2.24, 2.45) is 5.41 Å². The van der Waals surface area contributed by atoms with Gasteiger partial charge < -0.3 is 15.2 Å². The number of alkyl carbamates (subject to hydrolysis) is 1. The van der Waals surface area contributed by atoms with E-state index < -0.39 is 18.1 Å². The van der Waals surface area contributed by atoms with E-state index in [0.717, 1.165) is 24.8 Å². The number of rotatable bonds is 7. The molecule has 1 aliphatic rings. The summed E-state index contributed by atoms with van der Waals surface area (Å²) in [6.07, 6.45) is 2.83. The average molecular weight is 291 g/mol. The second kappa shape index (κ2) is 6.61. The van der Waals surface area contributed by atoms with Crippen molar-refractivity contribution in [3.05, 3.63) is 35.9 Å². The van der Waals surface area contributed by atoms with Gasteiger partial charge in [0.05, 0.1) is 0 Å². The van der Waals surface area contributed by atoms with E-state index in [0.29, 0.717) is 6.42 Å². The molecule has 0 aromatic heterocycles. The molecule has 1 fully saturated rings. The Morgan fingerprint density at radius 3 is 2.57 bits per heavy atom. The second-order valence-electron chi connectivity index (χ2n) is 5.95. The Bertz CT molecular complexity index is 496. The molecule has 5 nitrogen and oxygen atoms in total. The molecule has 0 heterocycles. The van der Waals surface area contributed by atoms with E-state index in [-0.39, 0.29) is 12.0 Å². The summed E-state index contributed by atoms with van der Waals surface area (Å²) < 4.78 is 5.04. The zero-order valence-electron chi connectivity index (χ0n) is 12.2. The Morgan fingerprint density at radius 2 is 2.00 bits per heavy atom. The van der Waals surface area contributed by atoms with Gasteiger partial charge in [-0.2, -0.15) is 0 Å². The standard InChI is InChI=1S/C16H21NO4/c1-16(9-10-16)8-7-13(14(18)19)17-15(20)21-11-12-5-3-2-4-6-12/h2-6,13H,7-11H2,1H3,(H,17,20)(H,18,19)/t13-/m0/s1. The summed E-state index contributed by atoms with van der Waals surface area (Å²) in [7, 11) is 0. The molecule has 0 spiro atoms. The fourth-order valence-corrected chi connectivity index (χ4v) is 2.12. The molecule has 1 aliphatic carbocycles. The van der Waals surface area contributed by atoms with Crippen LogP contribution in [0.3, 0.4) is 0 Å². The van der Waals surface area contributed by atoms with Crippen molar-refractivity contribution >= 4 is 12.1 Å². The third-order valence-corrected chi connectivity index (χ3v) is 3.94. The third-order valence-electron chi connectivity index (χ3n) is 3.94. The molecule has 0 unspecified atom stereocenters. The zero-order valence-corrected chi connectivity index (χ0v) is 12.2. The largest absolute Gasteiger partial charge is 0.480 e. The van der Waals surface area contributed by atoms with Crippen LogP contribution in [-0.4, -0.2) is 23.2 Å². The molecule has 2 N–H and O–H groups in total. The van der Waals surface area contributed by atoms with Gasteiger partial charge in [0.1, 0.15) is 12.6 Å². The molecule has 0 bridgehead atoms. The van der Waals surface area contributed by atoms with Crippen LogP contribution in [0.5, 0.6) is 0 Å². The van der Waals surface area contributed by atoms with E-state index in [1.165, 1.54) is 0 Å². The summed E-state index contributed by atoms with van der Waals surface area (Å²) in [6.45, 7) is 2.27. The lowest BCUT2D eigenvalue weighted by molar-refractivity contribution is -0.139. The first-order chi connectivity index (χ1) is 9.98. The smallest absolute Gasteiger partial charge is 0.408 e. The van der Waals surface area contributed by atoms with Gasteiger partial charge in [0.15, 0.2) is 0 Å². The minimum Gasteiger partial charge on any atom is -0.480 e. The summed E-state index contributed by atoms with van der Waals surface area (Å²) in [5.74, 6) is -1.02. The predicted molar refractivity (Wildman–Crippen MR) is 77.8 cm³/mol. The minimum absolute atomic E-state index is 0.136. The summed E-state index contributed by atoms with van der Waals surface area (Å²) in [5, 5.41) is 11.6. The summed E-state index contributed by atoms with van der Waals surface area (Å²) in [6, 6.07) is 8.39. The van der Waals surface area contributed by atoms with E-state index in [9.17, 15) is 9.59 Å². The molecule has 1 aromatic rings. The van der Waals surface area contributed by atoms with E-state index in [2.05, 4.69) is 12.2 Å². The van der Waals surface area contributed by atoms with E-state index in [1.54, 1.807) is 0 Å². The SMILES string of the molecule is CC1(CC[C@H](NC(=O)OCc2ccccc2)C(=O)O)CC1. The lowest BCUT2D eigenvalue weighted by Crippen LogP contribution is -2.41. The van der Waals surface area contributed by atoms with Crippen LogP contribution in [0.25, 0.3) is 0 Å². The topological polar surface area (TPSA) is 75.6 Å². The minimum atomic E-state index is -1.02. The first kappa shape index (κ1) is 15.4. The third kappa shape index (κ3) is 5.10. The molecule has 114 valence electrons. The van der Waals surface area contributed by atoms with Crippen LogP contribution < -0.4 is 5.32 Å². The maximum Gasteiger partial charge on any atom is 0.408 e. The molecule has 1 atom stereocenters. The second-order valence-corrected chi connectivity index (χ2v) is 5.95. The molecule has 1 amide bonds. The van der Waals surface area contributed by atoms with Gasteiger partial charge in [0, 0.05) is 0 Å². The number of hydrogen-bond donors (Lipinski definition) is 2. The van der Waals surface area contributed by atoms with Crippen LogP contribution in [0, 0.1) is 5.41 Å². The summed E-state index contributed by atoms with van der Waals surface area (Å²) >= 11 is 0. The van der Waals surface area contributed by atoms with Crippen LogP contribution in [0.2, 0.25) is 0 Å². The number of hydrogen-bond acceptors (Lipinski definition) is 3. The Kier molecular flexibility index (Phi) is 4.83. The summed E-state index contributed by atoms with van der Waals surface area (Å²) in [5.41, 5.74) is 1.13. The van der Waals surface area contributed by atoms with Gasteiger partial charge in [-0.15, -0.1) is 0 Å². The van der Waals surface area contributed by atoms with Gasteiger partial charge in [0.25, 0.3) is 0 Å². The highest BCUT2D eigenvalue weighted by molar-refractivity contribution is 5.79. The number of nitrogens with one attached hydrogen (secondary N) is 1. The van der Waals surface area contributed by atoms with Crippen LogP contribution in [-0.2, 0) is 16.1 Å². The molecule has 0 aliphatic heterocycles. The molecule has 5 heteroatoms. The molecular weight excluding hydrogens is 270 g/mol. The van der Waals surface area contributed by atoms with Crippen molar-refractivity contribution < 1.29 is 19.4 Å². The molecule has 21 heavy (non-hydrogen) atoms. The van der Waals surface area contributed by atoms with Crippen LogP contribution in [0.1, 0.15) is 38.2 Å². The van der Waals surface area contributed by atoms with Crippen molar-refractivity contribution in [3.63, 3.8) is 0 Å². The number of carbonyl (C=O) groups excluding carboxylic acids is 1. The van der Waals surface area contributed by atoms with Crippen LogP contribution >= 0.6 is 0 Å². The van der Waals surface area contributed by atoms with Gasteiger partial charge >= 0.3 is 12.1 Å². The van der Waals surface area contributed by atoms with Crippen molar-refractivity contribution in [1.29, 1.82) is 0 Å². The number of carboxylic acid groups (broad SMARTS) is 1. The number of ether oxygens (including phenoxy) is 1. The first-order valence-electron chi connectivity index (χ1n) is 7.19. The van der Waals surface area contributed by atoms with Crippen molar-refractivity contribution in [2.45, 2.75) is 45.3 Å². The normalized spacial score (nSPS) is 16.8. The Balaban J connectivity index is 1.76. The number of amides is 1. The highest BCUT2D eigenvalue weighted by Crippen LogP contribution is 2.49. The number of carbonyl (C=O) groups is 2. The highest BCUT2D eigenvalue weighted by atomic mass is 16.5. The van der Waals surface area contributed by atoms with E-state index in [1.807, 2.05) is 30.3 Å². The number of aliphatic carboxylic acids is 1. The van der Waals surface area contributed by atoms with E-state index in [4.69, 9.17) is 9.84 Å². The number of benzene rings is 1. The maximum atomic E-state index is 11.7. The van der Waals surface area contributed by atoms with Crippen LogP contribution in [0.4, 0.5) is 4.79 Å². The summed E-state index contributed by atoms with van der Waals surface area (Å²) in [4.78, 5) is 22.9. The molecule has 0 saturated heterocycles. The van der Waals surface area contributed by atoms with Crippen LogP contribution in [0.15, 0.2) is 30.3 Å².